The van der Waals surface area contributed by atoms with Gasteiger partial charge in [-0.15, -0.1) is 0 Å². The molecule has 26 heavy (non-hydrogen) atoms. The van der Waals surface area contributed by atoms with Gasteiger partial charge in [0.2, 0.25) is 0 Å². The van der Waals surface area contributed by atoms with E-state index >= 15 is 0 Å². The lowest BCUT2D eigenvalue weighted by Gasteiger charge is -2.32. The molecule has 3 rings (SSSR count). The third kappa shape index (κ3) is 3.52. The number of hydrogen-bond acceptors (Lipinski definition) is 3. The van der Waals surface area contributed by atoms with Crippen LogP contribution in [0.1, 0.15) is 39.4 Å². The largest absolute Gasteiger partial charge is 0.416 e. The Hall–Kier alpha value is -1.81. The molecule has 0 aliphatic carbocycles. The summed E-state index contributed by atoms with van der Waals surface area (Å²) in [5.74, 6) is -0.740. The Morgan fingerprint density at radius 3 is 2.46 bits per heavy atom. The van der Waals surface area contributed by atoms with Gasteiger partial charge in [0.1, 0.15) is 5.69 Å². The Morgan fingerprint density at radius 1 is 1.31 bits per heavy atom. The van der Waals surface area contributed by atoms with Crippen molar-refractivity contribution in [2.45, 2.75) is 19.1 Å². The van der Waals surface area contributed by atoms with Crippen molar-refractivity contribution in [1.29, 1.82) is 0 Å². The number of hydrogen-bond donors (Lipinski definition) is 0. The SMILES string of the molecule is C[C@H]1CN(c2ccc(C(F)(F)F)cc2)C(=O)c2c(C(=O)CBr)cnn21.S. The Morgan fingerprint density at radius 2 is 1.92 bits per heavy atom. The molecule has 10 heteroatoms. The van der Waals surface area contributed by atoms with Crippen molar-refractivity contribution in [2.75, 3.05) is 16.8 Å². The quantitative estimate of drug-likeness (QED) is 0.528. The van der Waals surface area contributed by atoms with Crippen LogP contribution in [0.3, 0.4) is 0 Å². The van der Waals surface area contributed by atoms with Crippen molar-refractivity contribution in [3.8, 4) is 0 Å². The summed E-state index contributed by atoms with van der Waals surface area (Å²) < 4.78 is 39.6. The first kappa shape index (κ1) is 20.5. The normalized spacial score (nSPS) is 16.9. The number of fused-ring (bicyclic) bond motifs is 1. The van der Waals surface area contributed by atoms with Crippen molar-refractivity contribution in [3.05, 3.63) is 47.3 Å². The van der Waals surface area contributed by atoms with Crippen molar-refractivity contribution >= 4 is 46.8 Å². The first-order valence-corrected chi connectivity index (χ1v) is 8.52. The van der Waals surface area contributed by atoms with E-state index in [1.165, 1.54) is 27.9 Å². The zero-order valence-electron chi connectivity index (χ0n) is 13.5. The minimum absolute atomic E-state index is 0. The van der Waals surface area contributed by atoms with Crippen LogP contribution in [0.5, 0.6) is 0 Å². The van der Waals surface area contributed by atoms with Crippen LogP contribution in [-0.4, -0.2) is 33.3 Å². The molecule has 2 aromatic rings. The number of halogens is 4. The van der Waals surface area contributed by atoms with Gasteiger partial charge < -0.3 is 4.90 Å². The highest BCUT2D eigenvalue weighted by molar-refractivity contribution is 9.09. The minimum Gasteiger partial charge on any atom is -0.305 e. The Labute approximate surface area is 162 Å². The van der Waals surface area contributed by atoms with Gasteiger partial charge in [0.05, 0.1) is 28.7 Å². The molecule has 2 heterocycles. The Bertz CT molecular complexity index is 836. The summed E-state index contributed by atoms with van der Waals surface area (Å²) in [4.78, 5) is 26.2. The average Bonchev–Trinajstić information content (AvgIpc) is 3.02. The standard InChI is InChI=1S/C16H13BrF3N3O2.H2S/c1-9-8-22(11-4-2-10(3-5-11)16(18,19)20)15(25)14-12(13(24)6-17)7-21-23(9)14;/h2-5,7,9H,6,8H2,1H3;1H2/t9-;/m0./s1. The summed E-state index contributed by atoms with van der Waals surface area (Å²) in [6.07, 6.45) is -3.09. The van der Waals surface area contributed by atoms with Crippen LogP contribution in [0.2, 0.25) is 0 Å². The van der Waals surface area contributed by atoms with E-state index in [-0.39, 0.29) is 48.5 Å². The highest BCUT2D eigenvalue weighted by atomic mass is 79.9. The van der Waals surface area contributed by atoms with Gasteiger partial charge in [-0.1, -0.05) is 15.9 Å². The lowest BCUT2D eigenvalue weighted by atomic mass is 10.1. The average molecular weight is 450 g/mol. The molecule has 1 aliphatic heterocycles. The Balaban J connectivity index is 0.00000243. The molecule has 1 atom stereocenters. The van der Waals surface area contributed by atoms with Gasteiger partial charge in [-0.05, 0) is 31.2 Å². The highest BCUT2D eigenvalue weighted by Gasteiger charge is 2.35. The molecule has 0 saturated carbocycles. The van der Waals surface area contributed by atoms with E-state index < -0.39 is 17.6 Å². The van der Waals surface area contributed by atoms with Crippen molar-refractivity contribution < 1.29 is 22.8 Å². The fourth-order valence-corrected chi connectivity index (χ4v) is 3.09. The number of benzene rings is 1. The van der Waals surface area contributed by atoms with Crippen molar-refractivity contribution in [2.24, 2.45) is 0 Å². The molecule has 1 aromatic heterocycles. The summed E-state index contributed by atoms with van der Waals surface area (Å²) >= 11 is 3.07. The zero-order chi connectivity index (χ0) is 18.4. The number of aromatic nitrogens is 2. The van der Waals surface area contributed by atoms with Crippen LogP contribution < -0.4 is 4.90 Å². The lowest BCUT2D eigenvalue weighted by Crippen LogP contribution is -2.43. The number of anilines is 1. The molecule has 1 aliphatic rings. The summed E-state index contributed by atoms with van der Waals surface area (Å²) in [7, 11) is 0. The maximum Gasteiger partial charge on any atom is 0.416 e. The topological polar surface area (TPSA) is 55.2 Å². The van der Waals surface area contributed by atoms with E-state index in [4.69, 9.17) is 0 Å². The van der Waals surface area contributed by atoms with Gasteiger partial charge in [-0.25, -0.2) is 0 Å². The van der Waals surface area contributed by atoms with Crippen LogP contribution in [0.15, 0.2) is 30.5 Å². The van der Waals surface area contributed by atoms with Crippen molar-refractivity contribution in [1.82, 2.24) is 9.78 Å². The van der Waals surface area contributed by atoms with E-state index in [9.17, 15) is 22.8 Å². The maximum absolute atomic E-state index is 12.8. The highest BCUT2D eigenvalue weighted by Crippen LogP contribution is 2.32. The number of carbonyl (C=O) groups is 2. The van der Waals surface area contributed by atoms with Gasteiger partial charge in [0.25, 0.3) is 5.91 Å². The third-order valence-corrected chi connectivity index (χ3v) is 4.54. The van der Waals surface area contributed by atoms with Gasteiger partial charge in [-0.2, -0.15) is 31.8 Å². The van der Waals surface area contributed by atoms with Crippen LogP contribution >= 0.6 is 29.4 Å². The maximum atomic E-state index is 12.8. The molecule has 0 N–H and O–H groups in total. The van der Waals surface area contributed by atoms with Gasteiger partial charge in [-0.3, -0.25) is 14.3 Å². The van der Waals surface area contributed by atoms with E-state index in [2.05, 4.69) is 21.0 Å². The molecule has 0 fully saturated rings. The predicted octanol–water partition coefficient (Wildman–Crippen LogP) is 3.81. The lowest BCUT2D eigenvalue weighted by molar-refractivity contribution is -0.137. The Kier molecular flexibility index (Phi) is 5.86. The van der Waals surface area contributed by atoms with Crippen LogP contribution in [0.4, 0.5) is 18.9 Å². The second kappa shape index (κ2) is 7.43. The molecule has 5 nitrogen and oxygen atoms in total. The molecule has 0 radical (unpaired) electrons. The van der Waals surface area contributed by atoms with Crippen LogP contribution in [0.25, 0.3) is 0 Å². The van der Waals surface area contributed by atoms with Crippen molar-refractivity contribution in [3.63, 3.8) is 0 Å². The first-order valence-electron chi connectivity index (χ1n) is 7.40. The smallest absolute Gasteiger partial charge is 0.305 e. The number of Topliss-reactive ketones (excluding diaryl/α,β-unsaturated/α-hetero) is 1. The minimum atomic E-state index is -4.44. The number of ketones is 1. The molecular weight excluding hydrogens is 435 g/mol. The molecule has 1 aromatic carbocycles. The monoisotopic (exact) mass is 449 g/mol. The van der Waals surface area contributed by atoms with E-state index in [0.29, 0.717) is 5.69 Å². The van der Waals surface area contributed by atoms with Gasteiger partial charge in [0.15, 0.2) is 5.78 Å². The fourth-order valence-electron chi connectivity index (χ4n) is 2.79. The second-order valence-electron chi connectivity index (χ2n) is 5.72. The third-order valence-electron chi connectivity index (χ3n) is 4.04. The number of amides is 1. The molecule has 140 valence electrons. The summed E-state index contributed by atoms with van der Waals surface area (Å²) in [6, 6.07) is 4.16. The van der Waals surface area contributed by atoms with Gasteiger partial charge >= 0.3 is 6.18 Å². The molecule has 0 saturated heterocycles. The fraction of sp³-hybridized carbons (Fsp3) is 0.312. The second-order valence-corrected chi connectivity index (χ2v) is 6.28. The number of carbonyl (C=O) groups excluding carboxylic acids is 2. The molecule has 0 spiro atoms. The van der Waals surface area contributed by atoms with Crippen LogP contribution in [-0.2, 0) is 6.18 Å². The zero-order valence-corrected chi connectivity index (χ0v) is 16.1. The summed E-state index contributed by atoms with van der Waals surface area (Å²) in [6.45, 7) is 2.07. The summed E-state index contributed by atoms with van der Waals surface area (Å²) in [5, 5.41) is 4.16. The summed E-state index contributed by atoms with van der Waals surface area (Å²) in [5.41, 5.74) is -0.0862. The van der Waals surface area contributed by atoms with Crippen LogP contribution in [0, 0.1) is 0 Å². The van der Waals surface area contributed by atoms with E-state index in [1.54, 1.807) is 0 Å². The first-order chi connectivity index (χ1) is 11.7. The number of nitrogens with zero attached hydrogens (tertiary/aromatic N) is 3. The number of rotatable bonds is 3. The molecule has 0 unspecified atom stereocenters. The predicted molar refractivity (Wildman–Crippen MR) is 98.6 cm³/mol. The number of alkyl halides is 4. The molecule has 1 amide bonds. The van der Waals surface area contributed by atoms with E-state index in [0.717, 1.165) is 12.1 Å². The molecular formula is C16H15BrF3N3O2S. The van der Waals surface area contributed by atoms with E-state index in [1.807, 2.05) is 6.92 Å². The molecule has 0 bridgehead atoms. The van der Waals surface area contributed by atoms with Gasteiger partial charge in [0, 0.05) is 12.2 Å².